The molecule has 0 unspecified atom stereocenters. The zero-order chi connectivity index (χ0) is 19.1. The number of fused-ring (bicyclic) bond motifs is 1. The van der Waals surface area contributed by atoms with Crippen molar-refractivity contribution in [3.8, 4) is 0 Å². The first kappa shape index (κ1) is 18.4. The van der Waals surface area contributed by atoms with Crippen LogP contribution in [0.4, 0.5) is 4.79 Å². The van der Waals surface area contributed by atoms with Gasteiger partial charge in [0, 0.05) is 39.4 Å². The van der Waals surface area contributed by atoms with Crippen LogP contribution in [0.25, 0.3) is 0 Å². The molecule has 0 saturated carbocycles. The van der Waals surface area contributed by atoms with Gasteiger partial charge in [-0.15, -0.1) is 0 Å². The maximum atomic E-state index is 12.7. The summed E-state index contributed by atoms with van der Waals surface area (Å²) in [5, 5.41) is 0. The highest BCUT2D eigenvalue weighted by Gasteiger charge is 2.49. The second-order valence-corrected chi connectivity index (χ2v) is 8.99. The second-order valence-electron chi connectivity index (χ2n) is 6.84. The summed E-state index contributed by atoms with van der Waals surface area (Å²) in [5.41, 5.74) is -0.294. The van der Waals surface area contributed by atoms with Gasteiger partial charge in [-0.25, -0.2) is 13.2 Å². The van der Waals surface area contributed by atoms with Gasteiger partial charge in [0.2, 0.25) is 5.91 Å². The second kappa shape index (κ2) is 6.75. The van der Waals surface area contributed by atoms with E-state index in [4.69, 9.17) is 0 Å². The first-order chi connectivity index (χ1) is 12.2. The number of carbonyl (C=O) groups is 2. The third-order valence-electron chi connectivity index (χ3n) is 4.83. The van der Waals surface area contributed by atoms with Crippen molar-refractivity contribution >= 4 is 21.8 Å². The van der Waals surface area contributed by atoms with Gasteiger partial charge in [-0.05, 0) is 6.07 Å². The lowest BCUT2D eigenvalue weighted by Crippen LogP contribution is -2.63. The van der Waals surface area contributed by atoms with Gasteiger partial charge < -0.3 is 19.3 Å². The zero-order valence-corrected chi connectivity index (χ0v) is 15.6. The molecule has 0 spiro atoms. The normalized spacial score (nSPS) is 24.2. The van der Waals surface area contributed by atoms with Crippen molar-refractivity contribution in [1.29, 1.82) is 0 Å². The molecule has 26 heavy (non-hydrogen) atoms. The van der Waals surface area contributed by atoms with Crippen LogP contribution in [0.15, 0.2) is 29.2 Å². The Kier molecular flexibility index (Phi) is 4.78. The molecule has 2 atom stereocenters. The van der Waals surface area contributed by atoms with E-state index >= 15 is 0 Å². The molecule has 3 amide bonds. The summed E-state index contributed by atoms with van der Waals surface area (Å²) in [6, 6.07) is 3.22. The molecule has 1 aromatic heterocycles. The van der Waals surface area contributed by atoms with Gasteiger partial charge in [0.05, 0.1) is 23.6 Å². The van der Waals surface area contributed by atoms with Crippen molar-refractivity contribution in [1.82, 2.24) is 19.3 Å². The number of nitrogens with zero attached hydrogens (tertiary/aromatic N) is 4. The summed E-state index contributed by atoms with van der Waals surface area (Å²) < 4.78 is 25.6. The van der Waals surface area contributed by atoms with E-state index in [9.17, 15) is 22.8 Å². The third kappa shape index (κ3) is 3.46. The highest BCUT2D eigenvalue weighted by molar-refractivity contribution is 7.91. The number of carbonyl (C=O) groups excluding carboxylic acids is 2. The number of amides is 3. The Balaban J connectivity index is 1.84. The van der Waals surface area contributed by atoms with E-state index in [1.165, 1.54) is 31.5 Å². The van der Waals surface area contributed by atoms with Crippen LogP contribution in [-0.4, -0.2) is 90.4 Å². The maximum Gasteiger partial charge on any atom is 0.319 e. The fourth-order valence-electron chi connectivity index (χ4n) is 3.58. The predicted octanol–water partition coefficient (Wildman–Crippen LogP) is -1.16. The number of pyridine rings is 1. The summed E-state index contributed by atoms with van der Waals surface area (Å²) in [5.74, 6) is -0.626. The maximum absolute atomic E-state index is 12.7. The molecule has 0 aromatic carbocycles. The molecule has 0 N–H and O–H groups in total. The van der Waals surface area contributed by atoms with Crippen molar-refractivity contribution in [2.24, 2.45) is 0 Å². The molecule has 142 valence electrons. The molecule has 3 heterocycles. The Morgan fingerprint density at radius 1 is 1.12 bits per heavy atom. The predicted molar refractivity (Wildman–Crippen MR) is 94.4 cm³/mol. The van der Waals surface area contributed by atoms with Crippen LogP contribution in [0.2, 0.25) is 0 Å². The van der Waals surface area contributed by atoms with Crippen molar-refractivity contribution in [2.45, 2.75) is 18.6 Å². The van der Waals surface area contributed by atoms with Crippen molar-refractivity contribution in [3.63, 3.8) is 0 Å². The minimum absolute atomic E-state index is 0.147. The molecule has 2 aliphatic heterocycles. The fraction of sp³-hybridized carbons (Fsp3) is 0.562. The number of hydrogen-bond acceptors (Lipinski definition) is 5. The SMILES string of the molecule is CN(C)C(=O)N1CCN(C(=O)Cn2ccccc2=O)[C@H]2CS(=O)(=O)C[C@H]21. The first-order valence-electron chi connectivity index (χ1n) is 8.33. The molecular formula is C16H22N4O5S. The van der Waals surface area contributed by atoms with Crippen LogP contribution in [0.5, 0.6) is 0 Å². The molecule has 9 nitrogen and oxygen atoms in total. The summed E-state index contributed by atoms with van der Waals surface area (Å²) in [7, 11) is -0.121. The van der Waals surface area contributed by atoms with Crippen LogP contribution in [0.1, 0.15) is 0 Å². The van der Waals surface area contributed by atoms with E-state index in [1.807, 2.05) is 0 Å². The molecule has 2 aliphatic rings. The lowest BCUT2D eigenvalue weighted by molar-refractivity contribution is -0.137. The van der Waals surface area contributed by atoms with Crippen molar-refractivity contribution in [2.75, 3.05) is 38.7 Å². The largest absolute Gasteiger partial charge is 0.333 e. The van der Waals surface area contributed by atoms with Gasteiger partial charge in [0.1, 0.15) is 6.54 Å². The molecule has 1 aromatic rings. The summed E-state index contributed by atoms with van der Waals surface area (Å²) in [6.07, 6.45) is 1.52. The standard InChI is InChI=1S/C16H22N4O5S/c1-17(2)16(23)20-8-7-19(12-10-26(24,25)11-13(12)20)15(22)9-18-6-4-3-5-14(18)21/h3-6,12-13H,7-11H2,1-2H3/t12-,13+/m0/s1. The molecule has 0 aliphatic carbocycles. The summed E-state index contributed by atoms with van der Waals surface area (Å²) in [6.45, 7) is 0.365. The van der Waals surface area contributed by atoms with Gasteiger partial charge in [-0.1, -0.05) is 6.07 Å². The van der Waals surface area contributed by atoms with Crippen LogP contribution in [-0.2, 0) is 21.2 Å². The topological polar surface area (TPSA) is 100 Å². The quantitative estimate of drug-likeness (QED) is 0.642. The van der Waals surface area contributed by atoms with Gasteiger partial charge in [0.25, 0.3) is 5.56 Å². The lowest BCUT2D eigenvalue weighted by Gasteiger charge is -2.44. The van der Waals surface area contributed by atoms with Crippen LogP contribution in [0, 0.1) is 0 Å². The van der Waals surface area contributed by atoms with Crippen molar-refractivity contribution in [3.05, 3.63) is 34.7 Å². The zero-order valence-electron chi connectivity index (χ0n) is 14.7. The van der Waals surface area contributed by atoms with E-state index in [0.29, 0.717) is 0 Å². The number of piperazine rings is 1. The van der Waals surface area contributed by atoms with Crippen LogP contribution >= 0.6 is 0 Å². The highest BCUT2D eigenvalue weighted by Crippen LogP contribution is 2.27. The highest BCUT2D eigenvalue weighted by atomic mass is 32.2. The molecule has 2 fully saturated rings. The smallest absolute Gasteiger partial charge is 0.319 e. The number of sulfone groups is 1. The van der Waals surface area contributed by atoms with Crippen molar-refractivity contribution < 1.29 is 18.0 Å². The summed E-state index contributed by atoms with van der Waals surface area (Å²) in [4.78, 5) is 41.4. The number of hydrogen-bond donors (Lipinski definition) is 0. The first-order valence-corrected chi connectivity index (χ1v) is 10.1. The van der Waals surface area contributed by atoms with Gasteiger partial charge in [0.15, 0.2) is 9.84 Å². The number of aromatic nitrogens is 1. The molecule has 10 heteroatoms. The lowest BCUT2D eigenvalue weighted by atomic mass is 10.0. The van der Waals surface area contributed by atoms with Gasteiger partial charge in [-0.2, -0.15) is 0 Å². The number of rotatable bonds is 2. The van der Waals surface area contributed by atoms with Gasteiger partial charge in [-0.3, -0.25) is 9.59 Å². The number of urea groups is 1. The molecule has 0 radical (unpaired) electrons. The Labute approximate surface area is 151 Å². The van der Waals surface area contributed by atoms with E-state index in [-0.39, 0.29) is 48.6 Å². The van der Waals surface area contributed by atoms with Crippen LogP contribution in [0.3, 0.4) is 0 Å². The Hall–Kier alpha value is -2.36. The molecule has 0 bridgehead atoms. The molecule has 3 rings (SSSR count). The fourth-order valence-corrected chi connectivity index (χ4v) is 5.57. The Bertz CT molecular complexity index is 879. The van der Waals surface area contributed by atoms with Gasteiger partial charge >= 0.3 is 6.03 Å². The Morgan fingerprint density at radius 2 is 1.73 bits per heavy atom. The van der Waals surface area contributed by atoms with E-state index in [0.717, 1.165) is 0 Å². The Morgan fingerprint density at radius 3 is 2.35 bits per heavy atom. The molecule has 2 saturated heterocycles. The van der Waals surface area contributed by atoms with Crippen LogP contribution < -0.4 is 5.56 Å². The average molecular weight is 382 g/mol. The average Bonchev–Trinajstić information content (AvgIpc) is 2.89. The minimum Gasteiger partial charge on any atom is -0.333 e. The van der Waals surface area contributed by atoms with E-state index in [1.54, 1.807) is 26.2 Å². The summed E-state index contributed by atoms with van der Waals surface area (Å²) >= 11 is 0. The van der Waals surface area contributed by atoms with E-state index in [2.05, 4.69) is 0 Å². The minimum atomic E-state index is -3.34. The van der Waals surface area contributed by atoms with E-state index < -0.39 is 21.9 Å². The molecular weight excluding hydrogens is 360 g/mol. The third-order valence-corrected chi connectivity index (χ3v) is 6.53. The monoisotopic (exact) mass is 382 g/mol.